The molecule has 2 saturated heterocycles. The third kappa shape index (κ3) is 4.75. The summed E-state index contributed by atoms with van der Waals surface area (Å²) in [5.41, 5.74) is 0.688. The minimum absolute atomic E-state index is 0.0415. The molecular weight excluding hydrogens is 330 g/mol. The molecule has 2 N–H and O–H groups in total. The van der Waals surface area contributed by atoms with Crippen molar-refractivity contribution >= 4 is 11.8 Å². The summed E-state index contributed by atoms with van der Waals surface area (Å²) in [5.74, 6) is 1.25. The summed E-state index contributed by atoms with van der Waals surface area (Å²) < 4.78 is 5.43. The van der Waals surface area contributed by atoms with Gasteiger partial charge in [-0.15, -0.1) is 0 Å². The summed E-state index contributed by atoms with van der Waals surface area (Å²) in [4.78, 5) is 26.8. The van der Waals surface area contributed by atoms with E-state index < -0.39 is 0 Å². The molecule has 2 amide bonds. The molecule has 0 bridgehead atoms. The highest BCUT2D eigenvalue weighted by molar-refractivity contribution is 5.94. The van der Waals surface area contributed by atoms with Crippen molar-refractivity contribution < 1.29 is 14.3 Å². The van der Waals surface area contributed by atoms with E-state index in [-0.39, 0.29) is 17.9 Å². The van der Waals surface area contributed by atoms with Gasteiger partial charge in [0.25, 0.3) is 5.91 Å². The molecule has 142 valence electrons. The number of carbonyl (C=O) groups is 2. The highest BCUT2D eigenvalue weighted by Gasteiger charge is 2.26. The molecule has 2 aliphatic heterocycles. The van der Waals surface area contributed by atoms with Crippen molar-refractivity contribution in [1.82, 2.24) is 15.5 Å². The summed E-state index contributed by atoms with van der Waals surface area (Å²) in [6.07, 6.45) is 4.00. The molecule has 0 saturated carbocycles. The highest BCUT2D eigenvalue weighted by Crippen LogP contribution is 2.20. The first-order valence-electron chi connectivity index (χ1n) is 9.70. The Morgan fingerprint density at radius 1 is 1.23 bits per heavy atom. The van der Waals surface area contributed by atoms with E-state index in [1.165, 1.54) is 0 Å². The number of hydrogen-bond donors (Lipinski definition) is 2. The molecule has 6 nitrogen and oxygen atoms in total. The molecule has 2 unspecified atom stereocenters. The van der Waals surface area contributed by atoms with E-state index in [9.17, 15) is 9.59 Å². The van der Waals surface area contributed by atoms with Gasteiger partial charge in [0.1, 0.15) is 5.75 Å². The second-order valence-electron chi connectivity index (χ2n) is 7.11. The fourth-order valence-corrected chi connectivity index (χ4v) is 3.74. The average molecular weight is 359 g/mol. The molecule has 0 aliphatic carbocycles. The van der Waals surface area contributed by atoms with Gasteiger partial charge in [-0.1, -0.05) is 0 Å². The molecule has 6 heteroatoms. The van der Waals surface area contributed by atoms with Crippen molar-refractivity contribution in [3.05, 3.63) is 29.8 Å². The second kappa shape index (κ2) is 9.03. The van der Waals surface area contributed by atoms with E-state index in [4.69, 9.17) is 4.74 Å². The Balaban J connectivity index is 1.50. The molecule has 1 aromatic carbocycles. The average Bonchev–Trinajstić information content (AvgIpc) is 3.22. The molecule has 2 atom stereocenters. The van der Waals surface area contributed by atoms with Crippen LogP contribution in [0.25, 0.3) is 0 Å². The number of hydrogen-bond acceptors (Lipinski definition) is 4. The van der Waals surface area contributed by atoms with Gasteiger partial charge in [-0.2, -0.15) is 0 Å². The minimum atomic E-state index is -0.0415. The zero-order valence-electron chi connectivity index (χ0n) is 15.5. The molecule has 1 aromatic rings. The van der Waals surface area contributed by atoms with Gasteiger partial charge in [0.2, 0.25) is 5.91 Å². The van der Waals surface area contributed by atoms with Crippen LogP contribution in [0.15, 0.2) is 24.3 Å². The third-order valence-corrected chi connectivity index (χ3v) is 5.16. The van der Waals surface area contributed by atoms with Crippen LogP contribution in [0, 0.1) is 5.92 Å². The minimum Gasteiger partial charge on any atom is -0.494 e. The normalized spacial score (nSPS) is 22.9. The summed E-state index contributed by atoms with van der Waals surface area (Å²) in [6, 6.07) is 7.29. The first-order valence-corrected chi connectivity index (χ1v) is 9.70. The number of likely N-dealkylation sites (tertiary alicyclic amines) is 1. The Morgan fingerprint density at radius 2 is 2.04 bits per heavy atom. The van der Waals surface area contributed by atoms with Gasteiger partial charge in [0, 0.05) is 25.2 Å². The predicted molar refractivity (Wildman–Crippen MR) is 100 cm³/mol. The quantitative estimate of drug-likeness (QED) is 0.813. The zero-order chi connectivity index (χ0) is 18.4. The topological polar surface area (TPSA) is 70.7 Å². The number of nitrogens with one attached hydrogen (secondary N) is 2. The van der Waals surface area contributed by atoms with Crippen molar-refractivity contribution in [2.24, 2.45) is 5.92 Å². The lowest BCUT2D eigenvalue weighted by molar-refractivity contribution is -0.123. The monoisotopic (exact) mass is 359 g/mol. The highest BCUT2D eigenvalue weighted by atomic mass is 16.5. The Labute approximate surface area is 155 Å². The Kier molecular flexibility index (Phi) is 6.50. The van der Waals surface area contributed by atoms with Gasteiger partial charge in [-0.25, -0.2) is 0 Å². The lowest BCUT2D eigenvalue weighted by Crippen LogP contribution is -2.46. The molecule has 26 heavy (non-hydrogen) atoms. The molecular formula is C20H29N3O3. The summed E-state index contributed by atoms with van der Waals surface area (Å²) in [7, 11) is 0. The van der Waals surface area contributed by atoms with Crippen LogP contribution in [0.2, 0.25) is 0 Å². The number of benzene rings is 1. The maximum Gasteiger partial charge on any atom is 0.253 e. The van der Waals surface area contributed by atoms with E-state index in [0.29, 0.717) is 31.2 Å². The van der Waals surface area contributed by atoms with Gasteiger partial charge >= 0.3 is 0 Å². The molecule has 3 rings (SSSR count). The zero-order valence-corrected chi connectivity index (χ0v) is 15.5. The predicted octanol–water partition coefficient (Wildman–Crippen LogP) is 1.81. The van der Waals surface area contributed by atoms with Gasteiger partial charge in [0.05, 0.1) is 12.6 Å². The summed E-state index contributed by atoms with van der Waals surface area (Å²) in [6.45, 7) is 5.60. The number of ether oxygens (including phenoxy) is 1. The summed E-state index contributed by atoms with van der Waals surface area (Å²) >= 11 is 0. The van der Waals surface area contributed by atoms with Crippen molar-refractivity contribution in [3.63, 3.8) is 0 Å². The number of piperidine rings is 1. The van der Waals surface area contributed by atoms with Crippen LogP contribution in [0.1, 0.15) is 43.0 Å². The van der Waals surface area contributed by atoms with Crippen molar-refractivity contribution in [1.29, 1.82) is 0 Å². The van der Waals surface area contributed by atoms with Crippen LogP contribution in [-0.4, -0.2) is 55.5 Å². The maximum atomic E-state index is 12.7. The first kappa shape index (κ1) is 18.7. The molecule has 2 aliphatic rings. The Bertz CT molecular complexity index is 611. The van der Waals surface area contributed by atoms with E-state index in [1.807, 2.05) is 36.1 Å². The molecule has 0 aromatic heterocycles. The van der Waals surface area contributed by atoms with Gasteiger partial charge in [0.15, 0.2) is 0 Å². The van der Waals surface area contributed by atoms with Crippen LogP contribution in [0.4, 0.5) is 0 Å². The lowest BCUT2D eigenvalue weighted by atomic mass is 9.97. The van der Waals surface area contributed by atoms with Crippen molar-refractivity contribution in [2.75, 3.05) is 32.8 Å². The standard InChI is InChI=1S/C20H29N3O3/c1-2-26-17-9-7-16(8-10-17)20(25)23-12-4-5-15(14-23)13-22-19(24)18-6-3-11-21-18/h7-10,15,18,21H,2-6,11-14H2,1H3,(H,22,24). The van der Waals surface area contributed by atoms with Gasteiger partial charge in [-0.3, -0.25) is 9.59 Å². The van der Waals surface area contributed by atoms with E-state index in [2.05, 4.69) is 10.6 Å². The fraction of sp³-hybridized carbons (Fsp3) is 0.600. The lowest BCUT2D eigenvalue weighted by Gasteiger charge is -2.33. The van der Waals surface area contributed by atoms with Crippen LogP contribution >= 0.6 is 0 Å². The number of nitrogens with zero attached hydrogens (tertiary/aromatic N) is 1. The Hall–Kier alpha value is -2.08. The molecule has 2 fully saturated rings. The molecule has 0 radical (unpaired) electrons. The van der Waals surface area contributed by atoms with Crippen LogP contribution in [0.3, 0.4) is 0 Å². The number of carbonyl (C=O) groups excluding carboxylic acids is 2. The molecule has 2 heterocycles. The number of amides is 2. The largest absolute Gasteiger partial charge is 0.494 e. The first-order chi connectivity index (χ1) is 12.7. The van der Waals surface area contributed by atoms with Crippen molar-refractivity contribution in [2.45, 2.75) is 38.6 Å². The third-order valence-electron chi connectivity index (χ3n) is 5.16. The van der Waals surface area contributed by atoms with Gasteiger partial charge in [-0.05, 0) is 69.3 Å². The SMILES string of the molecule is CCOc1ccc(C(=O)N2CCCC(CNC(=O)C3CCCN3)C2)cc1. The fourth-order valence-electron chi connectivity index (χ4n) is 3.74. The van der Waals surface area contributed by atoms with Crippen LogP contribution in [-0.2, 0) is 4.79 Å². The van der Waals surface area contributed by atoms with E-state index in [1.54, 1.807) is 0 Å². The van der Waals surface area contributed by atoms with Crippen LogP contribution < -0.4 is 15.4 Å². The maximum absolute atomic E-state index is 12.7. The Morgan fingerprint density at radius 3 is 2.73 bits per heavy atom. The summed E-state index contributed by atoms with van der Waals surface area (Å²) in [5, 5.41) is 6.28. The van der Waals surface area contributed by atoms with Gasteiger partial charge < -0.3 is 20.3 Å². The second-order valence-corrected chi connectivity index (χ2v) is 7.11. The van der Waals surface area contributed by atoms with E-state index in [0.717, 1.165) is 44.5 Å². The number of rotatable bonds is 6. The smallest absolute Gasteiger partial charge is 0.253 e. The molecule has 0 spiro atoms. The van der Waals surface area contributed by atoms with Crippen LogP contribution in [0.5, 0.6) is 5.75 Å². The van der Waals surface area contributed by atoms with E-state index >= 15 is 0 Å². The van der Waals surface area contributed by atoms with Crippen molar-refractivity contribution in [3.8, 4) is 5.75 Å².